The molecule has 0 aromatic carbocycles. The lowest BCUT2D eigenvalue weighted by atomic mass is 9.69. The molecule has 4 heteroatoms. The summed E-state index contributed by atoms with van der Waals surface area (Å²) in [5.74, 6) is 0.944. The summed E-state index contributed by atoms with van der Waals surface area (Å²) in [6.07, 6.45) is 5.45. The Labute approximate surface area is 111 Å². The first-order chi connectivity index (χ1) is 8.09. The molecule has 106 valence electrons. The molecule has 0 unspecified atom stereocenters. The molecule has 3 nitrogen and oxygen atoms in total. The van der Waals surface area contributed by atoms with Crippen molar-refractivity contribution < 1.29 is 13.2 Å². The topological polar surface area (TPSA) is 51.2 Å². The van der Waals surface area contributed by atoms with Crippen LogP contribution < -0.4 is 0 Å². The van der Waals surface area contributed by atoms with E-state index in [-0.39, 0.29) is 23.9 Å². The van der Waals surface area contributed by atoms with Gasteiger partial charge in [0.25, 0.3) is 0 Å². The van der Waals surface area contributed by atoms with Gasteiger partial charge in [-0.1, -0.05) is 20.8 Å². The van der Waals surface area contributed by atoms with Gasteiger partial charge in [-0.2, -0.15) is 0 Å². The molecule has 0 spiro atoms. The highest BCUT2D eigenvalue weighted by atomic mass is 32.2. The Hall–Kier alpha value is -0.380. The van der Waals surface area contributed by atoms with Gasteiger partial charge in [-0.15, -0.1) is 0 Å². The fraction of sp³-hybridized carbons (Fsp3) is 0.929. The van der Waals surface area contributed by atoms with E-state index in [9.17, 15) is 13.2 Å². The first-order valence-corrected chi connectivity index (χ1v) is 8.86. The van der Waals surface area contributed by atoms with E-state index in [0.717, 1.165) is 25.7 Å². The standard InChI is InChI=1S/C14H26O3S/c1-14(2,3)12-7-5-11(6-8-12)13(15)9-10-18(4,16)17/h11-12H,5-10H2,1-4H3. The number of rotatable bonds is 4. The van der Waals surface area contributed by atoms with Gasteiger partial charge < -0.3 is 0 Å². The zero-order valence-corrected chi connectivity index (χ0v) is 12.8. The average molecular weight is 274 g/mol. The third-order valence-electron chi connectivity index (χ3n) is 4.13. The third kappa shape index (κ3) is 5.09. The lowest BCUT2D eigenvalue weighted by Crippen LogP contribution is -2.29. The molecule has 0 N–H and O–H groups in total. The molecule has 0 aromatic rings. The van der Waals surface area contributed by atoms with E-state index in [2.05, 4.69) is 20.8 Å². The molecular weight excluding hydrogens is 248 g/mol. The van der Waals surface area contributed by atoms with Crippen LogP contribution >= 0.6 is 0 Å². The van der Waals surface area contributed by atoms with E-state index in [1.807, 2.05) is 0 Å². The average Bonchev–Trinajstić information content (AvgIpc) is 2.24. The van der Waals surface area contributed by atoms with Gasteiger partial charge >= 0.3 is 0 Å². The van der Waals surface area contributed by atoms with Crippen LogP contribution in [0.25, 0.3) is 0 Å². The van der Waals surface area contributed by atoms with Crippen molar-refractivity contribution in [2.75, 3.05) is 12.0 Å². The van der Waals surface area contributed by atoms with Gasteiger partial charge in [0.05, 0.1) is 5.75 Å². The quantitative estimate of drug-likeness (QED) is 0.792. The zero-order valence-electron chi connectivity index (χ0n) is 12.0. The van der Waals surface area contributed by atoms with Crippen molar-refractivity contribution in [2.45, 2.75) is 52.9 Å². The molecule has 1 aliphatic carbocycles. The van der Waals surface area contributed by atoms with Gasteiger partial charge in [0, 0.05) is 18.6 Å². The van der Waals surface area contributed by atoms with Crippen LogP contribution in [0.4, 0.5) is 0 Å². The van der Waals surface area contributed by atoms with Crippen LogP contribution in [0.1, 0.15) is 52.9 Å². The first-order valence-electron chi connectivity index (χ1n) is 6.80. The predicted molar refractivity (Wildman–Crippen MR) is 74.2 cm³/mol. The number of ketones is 1. The summed E-state index contributed by atoms with van der Waals surface area (Å²) < 4.78 is 22.1. The molecule has 18 heavy (non-hydrogen) atoms. The van der Waals surface area contributed by atoms with Crippen LogP contribution in [0.2, 0.25) is 0 Å². The summed E-state index contributed by atoms with van der Waals surface area (Å²) in [6.45, 7) is 6.76. The van der Waals surface area contributed by atoms with E-state index >= 15 is 0 Å². The normalized spacial score (nSPS) is 26.0. The summed E-state index contributed by atoms with van der Waals surface area (Å²) in [5.41, 5.74) is 0.320. The second-order valence-corrected chi connectivity index (χ2v) is 9.02. The van der Waals surface area contributed by atoms with Gasteiger partial charge in [0.1, 0.15) is 15.6 Å². The van der Waals surface area contributed by atoms with Crippen LogP contribution in [0.3, 0.4) is 0 Å². The fourth-order valence-electron chi connectivity index (χ4n) is 2.77. The SMILES string of the molecule is CC(C)(C)C1CCC(C(=O)CCS(C)(=O)=O)CC1. The second kappa shape index (κ2) is 5.72. The van der Waals surface area contributed by atoms with Crippen molar-refractivity contribution >= 4 is 15.6 Å². The smallest absolute Gasteiger partial charge is 0.147 e. The van der Waals surface area contributed by atoms with E-state index in [1.54, 1.807) is 0 Å². The van der Waals surface area contributed by atoms with Crippen molar-refractivity contribution in [1.82, 2.24) is 0 Å². The molecule has 0 amide bonds. The zero-order chi connectivity index (χ0) is 14.0. The maximum atomic E-state index is 11.9. The highest BCUT2D eigenvalue weighted by Gasteiger charge is 2.32. The Morgan fingerprint density at radius 1 is 1.11 bits per heavy atom. The highest BCUT2D eigenvalue weighted by molar-refractivity contribution is 7.90. The third-order valence-corrected chi connectivity index (χ3v) is 5.07. The number of carbonyl (C=O) groups excluding carboxylic acids is 1. The summed E-state index contributed by atoms with van der Waals surface area (Å²) in [5, 5.41) is 0. The van der Waals surface area contributed by atoms with Crippen molar-refractivity contribution in [3.63, 3.8) is 0 Å². The van der Waals surface area contributed by atoms with Gasteiger partial charge in [-0.25, -0.2) is 8.42 Å². The minimum absolute atomic E-state index is 0.00499. The molecular formula is C14H26O3S. The molecule has 1 rings (SSSR count). The van der Waals surface area contributed by atoms with E-state index in [0.29, 0.717) is 11.3 Å². The molecule has 0 aliphatic heterocycles. The van der Waals surface area contributed by atoms with Gasteiger partial charge in [-0.05, 0) is 37.0 Å². The Morgan fingerprint density at radius 3 is 2.00 bits per heavy atom. The van der Waals surface area contributed by atoms with Crippen LogP contribution in [0.15, 0.2) is 0 Å². The lowest BCUT2D eigenvalue weighted by Gasteiger charge is -2.36. The second-order valence-electron chi connectivity index (χ2n) is 6.76. The van der Waals surface area contributed by atoms with Gasteiger partial charge in [-0.3, -0.25) is 4.79 Å². The molecule has 0 saturated heterocycles. The van der Waals surface area contributed by atoms with Crippen molar-refractivity contribution in [3.05, 3.63) is 0 Å². The highest BCUT2D eigenvalue weighted by Crippen LogP contribution is 2.40. The van der Waals surface area contributed by atoms with Gasteiger partial charge in [0.2, 0.25) is 0 Å². The fourth-order valence-corrected chi connectivity index (χ4v) is 3.34. The number of Topliss-reactive ketones (excluding diaryl/α,β-unsaturated/α-hetero) is 1. The summed E-state index contributed by atoms with van der Waals surface area (Å²) in [6, 6.07) is 0. The van der Waals surface area contributed by atoms with Crippen LogP contribution in [0.5, 0.6) is 0 Å². The molecule has 0 bridgehead atoms. The molecule has 1 aliphatic rings. The molecule has 1 fully saturated rings. The maximum absolute atomic E-state index is 11.9. The Morgan fingerprint density at radius 2 is 1.61 bits per heavy atom. The van der Waals surface area contributed by atoms with Crippen molar-refractivity contribution in [1.29, 1.82) is 0 Å². The monoisotopic (exact) mass is 274 g/mol. The first kappa shape index (κ1) is 15.7. The summed E-state index contributed by atoms with van der Waals surface area (Å²) in [7, 11) is -3.01. The molecule has 0 heterocycles. The summed E-state index contributed by atoms with van der Waals surface area (Å²) >= 11 is 0. The Balaban J connectivity index is 2.41. The van der Waals surface area contributed by atoms with E-state index in [1.165, 1.54) is 6.26 Å². The molecule has 1 saturated carbocycles. The summed E-state index contributed by atoms with van der Waals surface area (Å²) in [4.78, 5) is 11.9. The van der Waals surface area contributed by atoms with Crippen LogP contribution in [-0.4, -0.2) is 26.2 Å². The van der Waals surface area contributed by atoms with Crippen LogP contribution in [-0.2, 0) is 14.6 Å². The van der Waals surface area contributed by atoms with Crippen molar-refractivity contribution in [3.8, 4) is 0 Å². The number of carbonyl (C=O) groups is 1. The van der Waals surface area contributed by atoms with E-state index < -0.39 is 9.84 Å². The molecule has 0 radical (unpaired) electrons. The predicted octanol–water partition coefficient (Wildman–Crippen LogP) is 2.84. The maximum Gasteiger partial charge on any atom is 0.147 e. The van der Waals surface area contributed by atoms with Crippen LogP contribution in [0, 0.1) is 17.3 Å². The minimum Gasteiger partial charge on any atom is -0.299 e. The minimum atomic E-state index is -3.01. The van der Waals surface area contributed by atoms with Crippen molar-refractivity contribution in [2.24, 2.45) is 17.3 Å². The van der Waals surface area contributed by atoms with Gasteiger partial charge in [0.15, 0.2) is 0 Å². The number of hydrogen-bond donors (Lipinski definition) is 0. The number of sulfone groups is 1. The lowest BCUT2D eigenvalue weighted by molar-refractivity contribution is -0.124. The Bertz CT molecular complexity index is 382. The molecule has 0 atom stereocenters. The molecule has 0 aromatic heterocycles. The van der Waals surface area contributed by atoms with E-state index in [4.69, 9.17) is 0 Å². The largest absolute Gasteiger partial charge is 0.299 e. The Kier molecular flexibility index (Phi) is 4.98. The number of hydrogen-bond acceptors (Lipinski definition) is 3.